The van der Waals surface area contributed by atoms with Gasteiger partial charge in [0.1, 0.15) is 0 Å². The van der Waals surface area contributed by atoms with Gasteiger partial charge in [0.2, 0.25) is 0 Å². The van der Waals surface area contributed by atoms with Crippen molar-refractivity contribution in [3.05, 3.63) is 29.3 Å². The highest BCUT2D eigenvalue weighted by molar-refractivity contribution is 5.51. The van der Waals surface area contributed by atoms with Crippen LogP contribution in [0.25, 0.3) is 0 Å². The van der Waals surface area contributed by atoms with Crippen molar-refractivity contribution < 1.29 is 18.3 Å². The molecular formula is C14H19F3N2O. The van der Waals surface area contributed by atoms with Gasteiger partial charge in [0.05, 0.1) is 11.7 Å². The molecule has 0 aliphatic heterocycles. The molecule has 0 heterocycles. The average Bonchev–Trinajstić information content (AvgIpc) is 2.35. The molecule has 3 N–H and O–H groups in total. The Balaban J connectivity index is 2.15. The highest BCUT2D eigenvalue weighted by Gasteiger charge is 2.34. The molecule has 6 heteroatoms. The van der Waals surface area contributed by atoms with Crippen molar-refractivity contribution in [2.75, 3.05) is 18.5 Å². The topological polar surface area (TPSA) is 49.5 Å². The van der Waals surface area contributed by atoms with Crippen LogP contribution in [0.5, 0.6) is 0 Å². The lowest BCUT2D eigenvalue weighted by Crippen LogP contribution is -2.37. The highest BCUT2D eigenvalue weighted by Crippen LogP contribution is 2.35. The summed E-state index contributed by atoms with van der Waals surface area (Å²) in [5.74, 6) is 0.346. The Morgan fingerprint density at radius 2 is 2.00 bits per heavy atom. The highest BCUT2D eigenvalue weighted by atomic mass is 19.4. The van der Waals surface area contributed by atoms with Crippen molar-refractivity contribution in [3.8, 4) is 0 Å². The lowest BCUT2D eigenvalue weighted by Gasteiger charge is -2.35. The van der Waals surface area contributed by atoms with Crippen LogP contribution in [-0.4, -0.2) is 24.8 Å². The number of benzene rings is 1. The van der Waals surface area contributed by atoms with Crippen molar-refractivity contribution in [2.24, 2.45) is 11.7 Å². The fourth-order valence-corrected chi connectivity index (χ4v) is 2.59. The number of anilines is 1. The van der Waals surface area contributed by atoms with E-state index in [-0.39, 0.29) is 18.2 Å². The van der Waals surface area contributed by atoms with Gasteiger partial charge in [0.25, 0.3) is 0 Å². The molecule has 20 heavy (non-hydrogen) atoms. The molecule has 1 aliphatic rings. The van der Waals surface area contributed by atoms with E-state index in [1.54, 1.807) is 18.0 Å². The molecule has 0 radical (unpaired) electrons. The standard InChI is InChI=1S/C14H19F3N2O/c1-19(8-9-4-12(20)5-9)11-3-2-10(7-18)13(6-11)14(15,16)17/h2-3,6,9,12,20H,4-5,7-8,18H2,1H3. The van der Waals surface area contributed by atoms with Crippen LogP contribution in [0.4, 0.5) is 18.9 Å². The second-order valence-corrected chi connectivity index (χ2v) is 5.42. The Morgan fingerprint density at radius 1 is 1.35 bits per heavy atom. The molecule has 112 valence electrons. The Morgan fingerprint density at radius 3 is 2.50 bits per heavy atom. The molecule has 0 bridgehead atoms. The van der Waals surface area contributed by atoms with Gasteiger partial charge in [-0.15, -0.1) is 0 Å². The molecule has 2 rings (SSSR count). The van der Waals surface area contributed by atoms with Crippen LogP contribution < -0.4 is 10.6 Å². The molecule has 1 saturated carbocycles. The predicted octanol–water partition coefficient (Wildman–Crippen LogP) is 2.37. The maximum absolute atomic E-state index is 13.0. The molecule has 1 fully saturated rings. The minimum Gasteiger partial charge on any atom is -0.393 e. The number of halogens is 3. The normalized spacial score (nSPS) is 22.5. The number of hydrogen-bond acceptors (Lipinski definition) is 3. The van der Waals surface area contributed by atoms with Crippen molar-refractivity contribution >= 4 is 5.69 Å². The molecule has 0 saturated heterocycles. The van der Waals surface area contributed by atoms with E-state index in [0.717, 1.165) is 18.9 Å². The summed E-state index contributed by atoms with van der Waals surface area (Å²) < 4.78 is 38.9. The van der Waals surface area contributed by atoms with Crippen LogP contribution in [-0.2, 0) is 12.7 Å². The van der Waals surface area contributed by atoms with Crippen LogP contribution in [0.2, 0.25) is 0 Å². The first kappa shape index (κ1) is 15.1. The van der Waals surface area contributed by atoms with E-state index in [1.165, 1.54) is 6.07 Å². The first-order valence-electron chi connectivity index (χ1n) is 6.60. The number of hydrogen-bond donors (Lipinski definition) is 2. The van der Waals surface area contributed by atoms with Crippen LogP contribution >= 0.6 is 0 Å². The summed E-state index contributed by atoms with van der Waals surface area (Å²) >= 11 is 0. The SMILES string of the molecule is CN(CC1CC(O)C1)c1ccc(CN)c(C(F)(F)F)c1. The second kappa shape index (κ2) is 5.61. The summed E-state index contributed by atoms with van der Waals surface area (Å²) in [5, 5.41) is 9.24. The smallest absolute Gasteiger partial charge is 0.393 e. The molecule has 1 aromatic carbocycles. The second-order valence-electron chi connectivity index (χ2n) is 5.42. The van der Waals surface area contributed by atoms with Gasteiger partial charge >= 0.3 is 6.18 Å². The average molecular weight is 288 g/mol. The van der Waals surface area contributed by atoms with E-state index < -0.39 is 11.7 Å². The number of rotatable bonds is 4. The molecule has 0 unspecified atom stereocenters. The summed E-state index contributed by atoms with van der Waals surface area (Å²) in [6.07, 6.45) is -3.20. The lowest BCUT2D eigenvalue weighted by molar-refractivity contribution is -0.138. The van der Waals surface area contributed by atoms with Gasteiger partial charge in [0, 0.05) is 25.8 Å². The molecule has 1 aliphatic carbocycles. The maximum atomic E-state index is 13.0. The molecule has 0 atom stereocenters. The van der Waals surface area contributed by atoms with Gasteiger partial charge in [0.15, 0.2) is 0 Å². The Hall–Kier alpha value is -1.27. The monoisotopic (exact) mass is 288 g/mol. The Labute approximate surface area is 116 Å². The van der Waals surface area contributed by atoms with Gasteiger partial charge in [-0.25, -0.2) is 0 Å². The van der Waals surface area contributed by atoms with Gasteiger partial charge in [-0.2, -0.15) is 13.2 Å². The van der Waals surface area contributed by atoms with Crippen molar-refractivity contribution in [2.45, 2.75) is 31.7 Å². The minimum absolute atomic E-state index is 0.105. The number of nitrogens with two attached hydrogens (primary N) is 1. The summed E-state index contributed by atoms with van der Waals surface area (Å²) in [6.45, 7) is 0.518. The molecule has 0 aromatic heterocycles. The van der Waals surface area contributed by atoms with Gasteiger partial charge in [-0.1, -0.05) is 6.07 Å². The fourth-order valence-electron chi connectivity index (χ4n) is 2.59. The van der Waals surface area contributed by atoms with Gasteiger partial charge in [-0.3, -0.25) is 0 Å². The van der Waals surface area contributed by atoms with Crippen LogP contribution in [0, 0.1) is 5.92 Å². The third-order valence-corrected chi connectivity index (χ3v) is 3.80. The Kier molecular flexibility index (Phi) is 4.25. The van der Waals surface area contributed by atoms with E-state index >= 15 is 0 Å². The molecule has 3 nitrogen and oxygen atoms in total. The number of aliphatic hydroxyl groups excluding tert-OH is 1. The third-order valence-electron chi connectivity index (χ3n) is 3.80. The minimum atomic E-state index is -4.39. The number of nitrogens with zero attached hydrogens (tertiary/aromatic N) is 1. The van der Waals surface area contributed by atoms with E-state index in [1.807, 2.05) is 0 Å². The van der Waals surface area contributed by atoms with Crippen LogP contribution in [0.15, 0.2) is 18.2 Å². The van der Waals surface area contributed by atoms with Crippen LogP contribution in [0.3, 0.4) is 0 Å². The van der Waals surface area contributed by atoms with E-state index in [0.29, 0.717) is 18.2 Å². The zero-order valence-electron chi connectivity index (χ0n) is 11.3. The first-order valence-corrected chi connectivity index (χ1v) is 6.60. The van der Waals surface area contributed by atoms with Crippen molar-refractivity contribution in [1.29, 1.82) is 0 Å². The fraction of sp³-hybridized carbons (Fsp3) is 0.571. The van der Waals surface area contributed by atoms with E-state index in [9.17, 15) is 18.3 Å². The largest absolute Gasteiger partial charge is 0.416 e. The van der Waals surface area contributed by atoms with Crippen molar-refractivity contribution in [1.82, 2.24) is 0 Å². The van der Waals surface area contributed by atoms with Gasteiger partial charge in [-0.05, 0) is 36.5 Å². The predicted molar refractivity (Wildman–Crippen MR) is 71.3 cm³/mol. The quantitative estimate of drug-likeness (QED) is 0.894. The molecular weight excluding hydrogens is 269 g/mol. The molecule has 1 aromatic rings. The van der Waals surface area contributed by atoms with E-state index in [4.69, 9.17) is 5.73 Å². The zero-order valence-corrected chi connectivity index (χ0v) is 11.3. The Bertz CT molecular complexity index is 470. The zero-order chi connectivity index (χ0) is 14.9. The summed E-state index contributed by atoms with van der Waals surface area (Å²) in [7, 11) is 1.77. The summed E-state index contributed by atoms with van der Waals surface area (Å²) in [4.78, 5) is 1.80. The first-order chi connectivity index (χ1) is 9.31. The summed E-state index contributed by atoms with van der Waals surface area (Å²) in [6, 6.07) is 4.24. The maximum Gasteiger partial charge on any atom is 0.416 e. The molecule has 0 spiro atoms. The third kappa shape index (κ3) is 3.24. The lowest BCUT2D eigenvalue weighted by atomic mass is 9.82. The summed E-state index contributed by atoms with van der Waals surface area (Å²) in [5.41, 5.74) is 5.32. The number of aliphatic hydroxyl groups is 1. The van der Waals surface area contributed by atoms with Crippen molar-refractivity contribution in [3.63, 3.8) is 0 Å². The molecule has 0 amide bonds. The van der Waals surface area contributed by atoms with Crippen LogP contribution in [0.1, 0.15) is 24.0 Å². The number of alkyl halides is 3. The van der Waals surface area contributed by atoms with E-state index in [2.05, 4.69) is 0 Å². The van der Waals surface area contributed by atoms with Gasteiger partial charge < -0.3 is 15.7 Å².